The van der Waals surface area contributed by atoms with Crippen LogP contribution in [0.3, 0.4) is 0 Å². The first-order valence-corrected chi connectivity index (χ1v) is 15.4. The summed E-state index contributed by atoms with van der Waals surface area (Å²) in [5.41, 5.74) is 3.86. The van der Waals surface area contributed by atoms with Crippen molar-refractivity contribution in [2.24, 2.45) is 5.41 Å². The average Bonchev–Trinajstić information content (AvgIpc) is 3.43. The van der Waals surface area contributed by atoms with Crippen molar-refractivity contribution in [3.63, 3.8) is 0 Å². The second-order valence-electron chi connectivity index (χ2n) is 10.1. The van der Waals surface area contributed by atoms with Crippen LogP contribution in [0.25, 0.3) is 11.2 Å². The quantitative estimate of drug-likeness (QED) is 0.243. The first kappa shape index (κ1) is 31.4. The molecule has 41 heavy (non-hydrogen) atoms. The van der Waals surface area contributed by atoms with Crippen molar-refractivity contribution >= 4 is 47.9 Å². The average molecular weight is 619 g/mol. The highest BCUT2D eigenvalue weighted by Gasteiger charge is 2.60. The maximum absolute atomic E-state index is 13.2. The van der Waals surface area contributed by atoms with E-state index in [1.807, 2.05) is 0 Å². The zero-order valence-electron chi connectivity index (χ0n) is 23.4. The molecule has 0 spiro atoms. The van der Waals surface area contributed by atoms with Gasteiger partial charge in [0.2, 0.25) is 11.8 Å². The minimum atomic E-state index is -4.10. The summed E-state index contributed by atoms with van der Waals surface area (Å²) in [5, 5.41) is 13.8. The molecule has 16 nitrogen and oxygen atoms in total. The van der Waals surface area contributed by atoms with Crippen LogP contribution in [-0.2, 0) is 32.4 Å². The highest BCUT2D eigenvalue weighted by atomic mass is 32.2. The molecule has 228 valence electrons. The second-order valence-corrected chi connectivity index (χ2v) is 12.8. The van der Waals surface area contributed by atoms with Crippen LogP contribution >= 0.6 is 19.6 Å². The molecule has 2 aromatic rings. The van der Waals surface area contributed by atoms with E-state index >= 15 is 0 Å². The van der Waals surface area contributed by atoms with Gasteiger partial charge in [0.05, 0.1) is 38.2 Å². The SMILES string of the molecule is CCOC(=O)NCC(C)(C)C(=O)SCCOP1(=O)OC[C@H]2O[C@@H](n3cnc4c(OCC)nc(N)nc43)[C@](C)(O)[C@@H]2O1. The van der Waals surface area contributed by atoms with E-state index < -0.39 is 43.4 Å². The van der Waals surface area contributed by atoms with Gasteiger partial charge >= 0.3 is 13.9 Å². The first-order valence-electron chi connectivity index (χ1n) is 13.0. The van der Waals surface area contributed by atoms with E-state index in [2.05, 4.69) is 20.3 Å². The number of nitrogens with two attached hydrogens (primary N) is 1. The Balaban J connectivity index is 1.36. The number of phosphoric acid groups is 1. The molecule has 4 heterocycles. The molecule has 1 amide bonds. The van der Waals surface area contributed by atoms with Crippen LogP contribution in [0.15, 0.2) is 6.33 Å². The molecule has 4 rings (SSSR count). The highest BCUT2D eigenvalue weighted by molar-refractivity contribution is 8.13. The van der Waals surface area contributed by atoms with E-state index in [-0.39, 0.29) is 54.7 Å². The molecule has 0 aromatic carbocycles. The largest absolute Gasteiger partial charge is 0.476 e. The fraction of sp³-hybridized carbons (Fsp3) is 0.696. The lowest BCUT2D eigenvalue weighted by molar-refractivity contribution is -0.117. The minimum Gasteiger partial charge on any atom is -0.476 e. The number of anilines is 1. The summed E-state index contributed by atoms with van der Waals surface area (Å²) in [5.74, 6) is 0.285. The molecule has 0 radical (unpaired) electrons. The van der Waals surface area contributed by atoms with Gasteiger partial charge in [-0.1, -0.05) is 25.6 Å². The minimum absolute atomic E-state index is 0.0507. The van der Waals surface area contributed by atoms with E-state index in [0.29, 0.717) is 12.1 Å². The highest BCUT2D eigenvalue weighted by Crippen LogP contribution is 2.58. The number of hydrogen-bond donors (Lipinski definition) is 3. The fourth-order valence-electron chi connectivity index (χ4n) is 4.28. The Morgan fingerprint density at radius 2 is 2.10 bits per heavy atom. The number of aliphatic hydroxyl groups is 1. The molecule has 2 saturated heterocycles. The van der Waals surface area contributed by atoms with E-state index in [9.17, 15) is 19.3 Å². The number of amides is 1. The van der Waals surface area contributed by atoms with E-state index in [1.165, 1.54) is 17.8 Å². The van der Waals surface area contributed by atoms with Gasteiger partial charge in [-0.25, -0.2) is 14.3 Å². The normalized spacial score (nSPS) is 27.9. The van der Waals surface area contributed by atoms with Crippen molar-refractivity contribution < 1.29 is 47.0 Å². The van der Waals surface area contributed by atoms with Crippen LogP contribution in [-0.4, -0.2) is 92.4 Å². The van der Waals surface area contributed by atoms with Crippen LogP contribution in [0.5, 0.6) is 5.88 Å². The smallest absolute Gasteiger partial charge is 0.475 e. The van der Waals surface area contributed by atoms with Crippen molar-refractivity contribution in [1.82, 2.24) is 24.8 Å². The molecule has 2 aliphatic heterocycles. The number of rotatable bonds is 11. The van der Waals surface area contributed by atoms with Gasteiger partial charge < -0.3 is 30.4 Å². The second kappa shape index (κ2) is 12.4. The number of thioether (sulfide) groups is 1. The number of phosphoric ester groups is 1. The molecule has 4 N–H and O–H groups in total. The van der Waals surface area contributed by atoms with E-state index in [0.717, 1.165) is 11.8 Å². The molecule has 5 atom stereocenters. The number of imidazole rings is 1. The van der Waals surface area contributed by atoms with E-state index in [1.54, 1.807) is 27.7 Å². The number of ether oxygens (including phenoxy) is 3. The summed E-state index contributed by atoms with van der Waals surface area (Å²) in [6.45, 7) is 8.63. The predicted octanol–water partition coefficient (Wildman–Crippen LogP) is 2.03. The summed E-state index contributed by atoms with van der Waals surface area (Å²) in [6, 6.07) is 0. The number of carbonyl (C=O) groups excluding carboxylic acids is 2. The number of alkyl carbamates (subject to hydrolysis) is 1. The number of aromatic nitrogens is 4. The molecule has 0 bridgehead atoms. The Kier molecular flexibility index (Phi) is 9.48. The molecule has 2 aromatic heterocycles. The van der Waals surface area contributed by atoms with Crippen LogP contribution in [0.4, 0.5) is 10.7 Å². The number of nitrogens with zero attached hydrogens (tertiary/aromatic N) is 4. The molecule has 1 unspecified atom stereocenters. The Hall–Kier alpha value is -2.53. The van der Waals surface area contributed by atoms with Gasteiger partial charge in [0, 0.05) is 12.3 Å². The van der Waals surface area contributed by atoms with Crippen LogP contribution < -0.4 is 15.8 Å². The summed E-state index contributed by atoms with van der Waals surface area (Å²) in [6.07, 6.45) is -2.12. The zero-order chi connectivity index (χ0) is 30.0. The Labute approximate surface area is 240 Å². The molecule has 18 heteroatoms. The topological polar surface area (TPSA) is 208 Å². The molecule has 0 saturated carbocycles. The number of fused-ring (bicyclic) bond motifs is 2. The number of carbonyl (C=O) groups is 2. The summed E-state index contributed by atoms with van der Waals surface area (Å²) < 4.78 is 47.6. The Morgan fingerprint density at radius 3 is 2.80 bits per heavy atom. The fourth-order valence-corrected chi connectivity index (χ4v) is 6.69. The van der Waals surface area contributed by atoms with E-state index in [4.69, 9.17) is 33.5 Å². The summed E-state index contributed by atoms with van der Waals surface area (Å²) >= 11 is 0.955. The third kappa shape index (κ3) is 6.77. The lowest BCUT2D eigenvalue weighted by atomic mass is 9.96. The van der Waals surface area contributed by atoms with Crippen molar-refractivity contribution in [2.45, 2.75) is 58.7 Å². The zero-order valence-corrected chi connectivity index (χ0v) is 25.1. The lowest BCUT2D eigenvalue weighted by Crippen LogP contribution is -2.47. The van der Waals surface area contributed by atoms with Crippen LogP contribution in [0, 0.1) is 5.41 Å². The number of nitrogen functional groups attached to an aromatic ring is 1. The predicted molar refractivity (Wildman–Crippen MR) is 146 cm³/mol. The first-order chi connectivity index (χ1) is 19.3. The molecular weight excluding hydrogens is 583 g/mol. The van der Waals surface area contributed by atoms with Crippen molar-refractivity contribution in [1.29, 1.82) is 0 Å². The van der Waals surface area contributed by atoms with Gasteiger partial charge in [-0.3, -0.25) is 22.9 Å². The third-order valence-electron chi connectivity index (χ3n) is 6.37. The maximum Gasteiger partial charge on any atom is 0.475 e. The van der Waals surface area contributed by atoms with Crippen molar-refractivity contribution in [3.05, 3.63) is 6.33 Å². The van der Waals surface area contributed by atoms with Crippen molar-refractivity contribution in [3.8, 4) is 5.88 Å². The van der Waals surface area contributed by atoms with Gasteiger partial charge in [-0.05, 0) is 20.8 Å². The molecule has 2 fully saturated rings. The van der Waals surface area contributed by atoms with Crippen LogP contribution in [0.2, 0.25) is 0 Å². The van der Waals surface area contributed by atoms with Gasteiger partial charge in [0.1, 0.15) is 17.8 Å². The molecular formula is C23H35N6O10PS. The standard InChI is InChI=1S/C23H35N6O10PS/c1-6-34-17-14-16(27-20(24)28-17)29(12-26-14)18-23(5,32)15-13(38-18)10-37-40(33,39-15)36-8-9-41-19(30)22(3,4)11-25-21(31)35-7-2/h12-13,15,18,32H,6-11H2,1-5H3,(H,25,31)(H2,24,27,28)/t13-,15-,18-,23-,40?/m1/s1. The van der Waals surface area contributed by atoms with Crippen LogP contribution in [0.1, 0.15) is 40.8 Å². The monoisotopic (exact) mass is 618 g/mol. The third-order valence-corrected chi connectivity index (χ3v) is 9.00. The molecule has 0 aliphatic carbocycles. The van der Waals surface area contributed by atoms with Crippen molar-refractivity contribution in [2.75, 3.05) is 44.5 Å². The maximum atomic E-state index is 13.2. The summed E-state index contributed by atoms with van der Waals surface area (Å²) in [4.78, 5) is 36.7. The van der Waals surface area contributed by atoms with Gasteiger partial charge in [-0.2, -0.15) is 9.97 Å². The number of nitrogens with one attached hydrogen (secondary N) is 1. The lowest BCUT2D eigenvalue weighted by Gasteiger charge is -2.35. The van der Waals surface area contributed by atoms with Gasteiger partial charge in [0.15, 0.2) is 22.5 Å². The molecule has 2 aliphatic rings. The Bertz CT molecular complexity index is 1320. The Morgan fingerprint density at radius 1 is 1.34 bits per heavy atom. The summed E-state index contributed by atoms with van der Waals surface area (Å²) in [7, 11) is -4.10. The van der Waals surface area contributed by atoms with Gasteiger partial charge in [0.25, 0.3) is 0 Å². The number of hydrogen-bond acceptors (Lipinski definition) is 15. The van der Waals surface area contributed by atoms with Gasteiger partial charge in [-0.15, -0.1) is 0 Å².